The van der Waals surface area contributed by atoms with E-state index in [2.05, 4.69) is 17.3 Å². The summed E-state index contributed by atoms with van der Waals surface area (Å²) in [4.78, 5) is 18.0. The first kappa shape index (κ1) is 14.6. The molecule has 0 aliphatic carbocycles. The van der Waals surface area contributed by atoms with Crippen molar-refractivity contribution in [1.82, 2.24) is 20.0 Å². The molecular weight excluding hydrogens is 240 g/mol. The van der Waals surface area contributed by atoms with Crippen LogP contribution in [0.15, 0.2) is 0 Å². The van der Waals surface area contributed by atoms with Gasteiger partial charge in [0.05, 0.1) is 0 Å². The quantitative estimate of drug-likeness (QED) is 0.823. The molecule has 0 spiro atoms. The van der Waals surface area contributed by atoms with Gasteiger partial charge in [0.15, 0.2) is 0 Å². The Morgan fingerprint density at radius 3 is 2.42 bits per heavy atom. The molecule has 5 heteroatoms. The second-order valence-corrected chi connectivity index (χ2v) is 6.13. The van der Waals surface area contributed by atoms with Crippen molar-refractivity contribution in [3.63, 3.8) is 0 Å². The zero-order valence-electron chi connectivity index (χ0n) is 12.6. The van der Waals surface area contributed by atoms with Gasteiger partial charge in [0.25, 0.3) is 0 Å². The number of carbonyl (C=O) groups excluding carboxylic acids is 1. The summed E-state index contributed by atoms with van der Waals surface area (Å²) in [5.41, 5.74) is 0. The molecule has 0 aromatic heterocycles. The Morgan fingerprint density at radius 1 is 1.21 bits per heavy atom. The number of piperidine rings is 1. The van der Waals surface area contributed by atoms with E-state index in [9.17, 15) is 4.79 Å². The highest BCUT2D eigenvalue weighted by Crippen LogP contribution is 2.17. The maximum absolute atomic E-state index is 11.9. The molecular formula is C14H28N4O. The van der Waals surface area contributed by atoms with Gasteiger partial charge in [0.1, 0.15) is 0 Å². The number of amides is 2. The predicted octanol–water partition coefficient (Wildman–Crippen LogP) is 0.816. The smallest absolute Gasteiger partial charge is 0.319 e. The standard InChI is InChI=1S/C14H28N4O/c1-16(2)14(19)18-9-6-13(7-10-18)17(3)11-12-5-4-8-15-12/h12-13,15H,4-11H2,1-3H3. The minimum atomic E-state index is 0.151. The first-order valence-electron chi connectivity index (χ1n) is 7.48. The fourth-order valence-electron chi connectivity index (χ4n) is 3.19. The van der Waals surface area contributed by atoms with Crippen molar-refractivity contribution in [2.45, 2.75) is 37.8 Å². The van der Waals surface area contributed by atoms with E-state index in [0.29, 0.717) is 12.1 Å². The summed E-state index contributed by atoms with van der Waals surface area (Å²) < 4.78 is 0. The minimum absolute atomic E-state index is 0.151. The van der Waals surface area contributed by atoms with Gasteiger partial charge in [-0.3, -0.25) is 0 Å². The van der Waals surface area contributed by atoms with Crippen molar-refractivity contribution in [3.8, 4) is 0 Å². The Hall–Kier alpha value is -0.810. The van der Waals surface area contributed by atoms with Gasteiger partial charge in [-0.05, 0) is 39.3 Å². The second kappa shape index (κ2) is 6.57. The fourth-order valence-corrected chi connectivity index (χ4v) is 3.19. The van der Waals surface area contributed by atoms with Gasteiger partial charge in [0.2, 0.25) is 0 Å². The van der Waals surface area contributed by atoms with Crippen LogP contribution in [-0.4, -0.2) is 80.1 Å². The van der Waals surface area contributed by atoms with Gasteiger partial charge in [-0.15, -0.1) is 0 Å². The lowest BCUT2D eigenvalue weighted by Gasteiger charge is -2.38. The molecule has 1 unspecified atom stereocenters. The van der Waals surface area contributed by atoms with Crippen molar-refractivity contribution >= 4 is 6.03 Å². The third-order valence-corrected chi connectivity index (χ3v) is 4.41. The molecule has 110 valence electrons. The van der Waals surface area contributed by atoms with E-state index < -0.39 is 0 Å². The van der Waals surface area contributed by atoms with E-state index in [0.717, 1.165) is 32.5 Å². The lowest BCUT2D eigenvalue weighted by Crippen LogP contribution is -2.50. The monoisotopic (exact) mass is 268 g/mol. The summed E-state index contributed by atoms with van der Waals surface area (Å²) in [6.07, 6.45) is 4.82. The van der Waals surface area contributed by atoms with Crippen molar-refractivity contribution in [3.05, 3.63) is 0 Å². The molecule has 2 aliphatic rings. The van der Waals surface area contributed by atoms with Gasteiger partial charge in [-0.1, -0.05) is 0 Å². The average molecular weight is 268 g/mol. The van der Waals surface area contributed by atoms with Gasteiger partial charge in [-0.25, -0.2) is 4.79 Å². The van der Waals surface area contributed by atoms with E-state index >= 15 is 0 Å². The fraction of sp³-hybridized carbons (Fsp3) is 0.929. The van der Waals surface area contributed by atoms with Gasteiger partial charge >= 0.3 is 6.03 Å². The number of likely N-dealkylation sites (tertiary alicyclic amines) is 1. The zero-order chi connectivity index (χ0) is 13.8. The van der Waals surface area contributed by atoms with Crippen LogP contribution in [-0.2, 0) is 0 Å². The van der Waals surface area contributed by atoms with Crippen LogP contribution in [0, 0.1) is 0 Å². The van der Waals surface area contributed by atoms with Crippen LogP contribution in [0.25, 0.3) is 0 Å². The van der Waals surface area contributed by atoms with Crippen LogP contribution in [0.5, 0.6) is 0 Å². The number of carbonyl (C=O) groups is 1. The number of nitrogens with zero attached hydrogens (tertiary/aromatic N) is 3. The van der Waals surface area contributed by atoms with Crippen LogP contribution in [0.3, 0.4) is 0 Å². The summed E-state index contributed by atoms with van der Waals surface area (Å²) >= 11 is 0. The Bertz CT molecular complexity index is 294. The molecule has 1 atom stereocenters. The van der Waals surface area contributed by atoms with E-state index in [4.69, 9.17) is 0 Å². The first-order chi connectivity index (χ1) is 9.08. The Morgan fingerprint density at radius 2 is 1.89 bits per heavy atom. The molecule has 0 aromatic carbocycles. The SMILES string of the molecule is CN(C)C(=O)N1CCC(N(C)CC2CCCN2)CC1. The van der Waals surface area contributed by atoms with Crippen LogP contribution >= 0.6 is 0 Å². The molecule has 2 aliphatic heterocycles. The van der Waals surface area contributed by atoms with Crippen molar-refractivity contribution in [2.75, 3.05) is 47.3 Å². The summed E-state index contributed by atoms with van der Waals surface area (Å²) in [7, 11) is 5.88. The topological polar surface area (TPSA) is 38.8 Å². The molecule has 0 saturated carbocycles. The molecule has 19 heavy (non-hydrogen) atoms. The summed E-state index contributed by atoms with van der Waals surface area (Å²) in [5.74, 6) is 0. The highest BCUT2D eigenvalue weighted by molar-refractivity contribution is 5.73. The molecule has 2 heterocycles. The maximum Gasteiger partial charge on any atom is 0.319 e. The van der Waals surface area contributed by atoms with E-state index in [-0.39, 0.29) is 6.03 Å². The van der Waals surface area contributed by atoms with E-state index in [1.807, 2.05) is 19.0 Å². The van der Waals surface area contributed by atoms with Gasteiger partial charge < -0.3 is 20.0 Å². The number of nitrogens with one attached hydrogen (secondary N) is 1. The zero-order valence-corrected chi connectivity index (χ0v) is 12.6. The summed E-state index contributed by atoms with van der Waals surface area (Å²) in [5, 5.41) is 3.56. The summed E-state index contributed by atoms with van der Waals surface area (Å²) in [6, 6.07) is 1.46. The number of likely N-dealkylation sites (N-methyl/N-ethyl adjacent to an activating group) is 1. The molecule has 1 N–H and O–H groups in total. The lowest BCUT2D eigenvalue weighted by molar-refractivity contribution is 0.117. The first-order valence-corrected chi connectivity index (χ1v) is 7.48. The second-order valence-electron chi connectivity index (χ2n) is 6.13. The number of hydrogen-bond donors (Lipinski definition) is 1. The Labute approximate surface area is 116 Å². The molecule has 5 nitrogen and oxygen atoms in total. The third kappa shape index (κ3) is 3.83. The number of hydrogen-bond acceptors (Lipinski definition) is 3. The van der Waals surface area contributed by atoms with Gasteiger partial charge in [-0.2, -0.15) is 0 Å². The van der Waals surface area contributed by atoms with Crippen molar-refractivity contribution in [2.24, 2.45) is 0 Å². The predicted molar refractivity (Wildman–Crippen MR) is 77.3 cm³/mol. The molecule has 2 amide bonds. The lowest BCUT2D eigenvalue weighted by atomic mass is 10.0. The molecule has 0 aromatic rings. The van der Waals surface area contributed by atoms with Crippen LogP contribution in [0.2, 0.25) is 0 Å². The van der Waals surface area contributed by atoms with Crippen molar-refractivity contribution < 1.29 is 4.79 Å². The molecule has 2 rings (SSSR count). The highest BCUT2D eigenvalue weighted by Gasteiger charge is 2.27. The normalized spacial score (nSPS) is 25.1. The van der Waals surface area contributed by atoms with E-state index in [1.54, 1.807) is 4.90 Å². The number of urea groups is 1. The largest absolute Gasteiger partial charge is 0.331 e. The number of rotatable bonds is 3. The molecule has 2 fully saturated rings. The molecule has 0 radical (unpaired) electrons. The minimum Gasteiger partial charge on any atom is -0.331 e. The highest BCUT2D eigenvalue weighted by atomic mass is 16.2. The summed E-state index contributed by atoms with van der Waals surface area (Å²) in [6.45, 7) is 4.11. The maximum atomic E-state index is 11.9. The van der Waals surface area contributed by atoms with Crippen LogP contribution in [0.4, 0.5) is 4.79 Å². The Kier molecular flexibility index (Phi) is 5.05. The average Bonchev–Trinajstić information content (AvgIpc) is 2.90. The molecule has 2 saturated heterocycles. The van der Waals surface area contributed by atoms with Gasteiger partial charge in [0, 0.05) is 45.8 Å². The van der Waals surface area contributed by atoms with Crippen LogP contribution in [0.1, 0.15) is 25.7 Å². The Balaban J connectivity index is 1.74. The van der Waals surface area contributed by atoms with Crippen LogP contribution < -0.4 is 5.32 Å². The van der Waals surface area contributed by atoms with E-state index in [1.165, 1.54) is 19.4 Å². The van der Waals surface area contributed by atoms with Crippen molar-refractivity contribution in [1.29, 1.82) is 0 Å². The third-order valence-electron chi connectivity index (χ3n) is 4.41. The molecule has 0 bridgehead atoms.